The normalized spacial score (nSPS) is 15.0. The number of carbonyl (C=O) groups excluding carboxylic acids is 1. The van der Waals surface area contributed by atoms with E-state index < -0.39 is 0 Å². The average Bonchev–Trinajstić information content (AvgIpc) is 3.02. The molecule has 7 nitrogen and oxygen atoms in total. The molecule has 0 saturated carbocycles. The third kappa shape index (κ3) is 2.37. The first-order valence-corrected chi connectivity index (χ1v) is 8.40. The first-order valence-electron chi connectivity index (χ1n) is 7.59. The number of amides is 2. The Morgan fingerprint density at radius 2 is 1.96 bits per heavy atom. The summed E-state index contributed by atoms with van der Waals surface area (Å²) in [7, 11) is 1.69. The Morgan fingerprint density at radius 3 is 2.52 bits per heavy atom. The van der Waals surface area contributed by atoms with Gasteiger partial charge in [-0.15, -0.1) is 11.3 Å². The van der Waals surface area contributed by atoms with E-state index in [1.807, 2.05) is 20.8 Å². The number of nitrogens with one attached hydrogen (secondary N) is 1. The van der Waals surface area contributed by atoms with E-state index in [2.05, 4.69) is 5.32 Å². The molecule has 2 aromatic heterocycles. The third-order valence-electron chi connectivity index (χ3n) is 4.25. The molecular formula is C15H20N4O3S. The molecule has 0 aromatic carbocycles. The summed E-state index contributed by atoms with van der Waals surface area (Å²) in [5, 5.41) is 3.35. The maximum absolute atomic E-state index is 12.7. The predicted molar refractivity (Wildman–Crippen MR) is 90.3 cm³/mol. The minimum absolute atomic E-state index is 0.0877. The Hall–Kier alpha value is -2.09. The number of aryl methyl sites for hydroxylation is 2. The Bertz CT molecular complexity index is 906. The van der Waals surface area contributed by atoms with Crippen molar-refractivity contribution < 1.29 is 4.79 Å². The lowest BCUT2D eigenvalue weighted by Crippen LogP contribution is -2.39. The van der Waals surface area contributed by atoms with Crippen molar-refractivity contribution in [1.29, 1.82) is 0 Å². The zero-order valence-corrected chi connectivity index (χ0v) is 14.5. The van der Waals surface area contributed by atoms with E-state index in [4.69, 9.17) is 0 Å². The van der Waals surface area contributed by atoms with Crippen molar-refractivity contribution in [2.75, 3.05) is 13.1 Å². The van der Waals surface area contributed by atoms with Gasteiger partial charge in [0.25, 0.3) is 5.56 Å². The van der Waals surface area contributed by atoms with E-state index in [0.717, 1.165) is 10.4 Å². The minimum Gasteiger partial charge on any atom is -0.336 e. The molecule has 1 aliphatic rings. The number of fused-ring (bicyclic) bond motifs is 1. The molecule has 2 amide bonds. The van der Waals surface area contributed by atoms with Gasteiger partial charge in [-0.3, -0.25) is 13.9 Å². The van der Waals surface area contributed by atoms with Gasteiger partial charge in [0, 0.05) is 31.1 Å². The minimum atomic E-state index is -0.302. The van der Waals surface area contributed by atoms with E-state index in [1.165, 1.54) is 20.5 Å². The predicted octanol–water partition coefficient (Wildman–Crippen LogP) is 1.18. The van der Waals surface area contributed by atoms with Gasteiger partial charge in [0.05, 0.1) is 11.9 Å². The van der Waals surface area contributed by atoms with Crippen LogP contribution in [0.3, 0.4) is 0 Å². The van der Waals surface area contributed by atoms with Crippen LogP contribution in [-0.2, 0) is 13.6 Å². The number of thiophene rings is 1. The Kier molecular flexibility index (Phi) is 3.79. The number of carbonyl (C=O) groups is 1. The van der Waals surface area contributed by atoms with Gasteiger partial charge in [-0.25, -0.2) is 9.59 Å². The summed E-state index contributed by atoms with van der Waals surface area (Å²) >= 11 is 1.42. The Balaban J connectivity index is 2.21. The van der Waals surface area contributed by atoms with E-state index in [-0.39, 0.29) is 23.3 Å². The molecule has 0 aliphatic carbocycles. The van der Waals surface area contributed by atoms with Crippen LogP contribution in [0.2, 0.25) is 0 Å². The molecule has 8 heteroatoms. The van der Waals surface area contributed by atoms with Crippen molar-refractivity contribution in [3.63, 3.8) is 0 Å². The van der Waals surface area contributed by atoms with Gasteiger partial charge in [-0.05, 0) is 26.3 Å². The second-order valence-electron chi connectivity index (χ2n) is 6.09. The van der Waals surface area contributed by atoms with Crippen LogP contribution in [0.25, 0.3) is 10.2 Å². The van der Waals surface area contributed by atoms with Crippen LogP contribution in [0.4, 0.5) is 4.79 Å². The van der Waals surface area contributed by atoms with E-state index in [9.17, 15) is 14.4 Å². The molecule has 0 spiro atoms. The second kappa shape index (κ2) is 5.52. The fourth-order valence-corrected chi connectivity index (χ4v) is 4.20. The zero-order chi connectivity index (χ0) is 16.9. The lowest BCUT2D eigenvalue weighted by atomic mass is 10.2. The fourth-order valence-electron chi connectivity index (χ4n) is 2.93. The summed E-state index contributed by atoms with van der Waals surface area (Å²) in [4.78, 5) is 40.2. The quantitative estimate of drug-likeness (QED) is 0.914. The number of urea groups is 1. The standard InChI is InChI=1S/C15H20N4O3S/c1-8(2)19-12(20)11-9(3)10(7-18-6-5-16-14(18)21)23-13(11)17(4)15(19)22/h8H,5-7H2,1-4H3,(H,16,21). The molecule has 1 fully saturated rings. The molecule has 23 heavy (non-hydrogen) atoms. The van der Waals surface area contributed by atoms with Crippen molar-refractivity contribution >= 4 is 27.6 Å². The van der Waals surface area contributed by atoms with Gasteiger partial charge in [-0.1, -0.05) is 0 Å². The summed E-state index contributed by atoms with van der Waals surface area (Å²) in [6.07, 6.45) is 0. The van der Waals surface area contributed by atoms with E-state index in [0.29, 0.717) is 29.9 Å². The largest absolute Gasteiger partial charge is 0.336 e. The van der Waals surface area contributed by atoms with Gasteiger partial charge in [0.1, 0.15) is 4.83 Å². The van der Waals surface area contributed by atoms with E-state index >= 15 is 0 Å². The summed E-state index contributed by atoms with van der Waals surface area (Å²) in [5.74, 6) is 0. The lowest BCUT2D eigenvalue weighted by molar-refractivity contribution is 0.216. The van der Waals surface area contributed by atoms with Gasteiger partial charge in [-0.2, -0.15) is 0 Å². The molecule has 0 atom stereocenters. The Morgan fingerprint density at radius 1 is 1.26 bits per heavy atom. The van der Waals surface area contributed by atoms with Crippen LogP contribution in [0, 0.1) is 6.92 Å². The molecule has 1 N–H and O–H groups in total. The molecule has 0 unspecified atom stereocenters. The lowest BCUT2D eigenvalue weighted by Gasteiger charge is -2.13. The smallest absolute Gasteiger partial charge is 0.332 e. The van der Waals surface area contributed by atoms with Crippen LogP contribution < -0.4 is 16.6 Å². The first-order chi connectivity index (χ1) is 10.8. The van der Waals surface area contributed by atoms with E-state index in [1.54, 1.807) is 11.9 Å². The van der Waals surface area contributed by atoms with Crippen LogP contribution in [0.1, 0.15) is 30.3 Å². The monoisotopic (exact) mass is 336 g/mol. The molecular weight excluding hydrogens is 316 g/mol. The molecule has 0 bridgehead atoms. The molecule has 2 aromatic rings. The molecule has 3 heterocycles. The highest BCUT2D eigenvalue weighted by Crippen LogP contribution is 2.29. The molecule has 3 rings (SSSR count). The summed E-state index contributed by atoms with van der Waals surface area (Å²) in [5.41, 5.74) is 0.313. The summed E-state index contributed by atoms with van der Waals surface area (Å²) < 4.78 is 2.82. The van der Waals surface area contributed by atoms with Crippen LogP contribution in [0.15, 0.2) is 9.59 Å². The maximum Gasteiger partial charge on any atom is 0.332 e. The molecule has 0 radical (unpaired) electrons. The third-order valence-corrected chi connectivity index (χ3v) is 5.61. The highest BCUT2D eigenvalue weighted by molar-refractivity contribution is 7.18. The van der Waals surface area contributed by atoms with Crippen molar-refractivity contribution in [3.8, 4) is 0 Å². The second-order valence-corrected chi connectivity index (χ2v) is 7.18. The number of nitrogens with zero attached hydrogens (tertiary/aromatic N) is 3. The zero-order valence-electron chi connectivity index (χ0n) is 13.7. The van der Waals surface area contributed by atoms with Crippen LogP contribution in [-0.4, -0.2) is 33.2 Å². The number of rotatable bonds is 3. The molecule has 1 aliphatic heterocycles. The first kappa shape index (κ1) is 15.8. The van der Waals surface area contributed by atoms with Crippen LogP contribution >= 0.6 is 11.3 Å². The van der Waals surface area contributed by atoms with Crippen LogP contribution in [0.5, 0.6) is 0 Å². The van der Waals surface area contributed by atoms with Gasteiger partial charge >= 0.3 is 11.7 Å². The highest BCUT2D eigenvalue weighted by Gasteiger charge is 2.24. The van der Waals surface area contributed by atoms with Gasteiger partial charge in [0.2, 0.25) is 0 Å². The summed E-state index contributed by atoms with van der Waals surface area (Å²) in [6, 6.07) is -0.284. The number of hydrogen-bond acceptors (Lipinski definition) is 4. The molecule has 1 saturated heterocycles. The van der Waals surface area contributed by atoms with Gasteiger partial charge < -0.3 is 10.2 Å². The van der Waals surface area contributed by atoms with Crippen molar-refractivity contribution in [1.82, 2.24) is 19.4 Å². The number of hydrogen-bond donors (Lipinski definition) is 1. The fraction of sp³-hybridized carbons (Fsp3) is 0.533. The van der Waals surface area contributed by atoms with Gasteiger partial charge in [0.15, 0.2) is 0 Å². The summed E-state index contributed by atoms with van der Waals surface area (Å²) in [6.45, 7) is 7.30. The SMILES string of the molecule is Cc1c(CN2CCNC2=O)sc2c1c(=O)n(C(C)C)c(=O)n2C. The molecule has 124 valence electrons. The highest BCUT2D eigenvalue weighted by atomic mass is 32.1. The topological polar surface area (TPSA) is 76.3 Å². The van der Waals surface area contributed by atoms with Crippen molar-refractivity contribution in [3.05, 3.63) is 31.3 Å². The van der Waals surface area contributed by atoms with Crippen molar-refractivity contribution in [2.45, 2.75) is 33.4 Å². The number of aromatic nitrogens is 2. The average molecular weight is 336 g/mol. The van der Waals surface area contributed by atoms with Crippen molar-refractivity contribution in [2.24, 2.45) is 7.05 Å². The Labute approximate surface area is 137 Å². The maximum atomic E-state index is 12.7.